The maximum Gasteiger partial charge on any atom is 0.253 e. The molecule has 5 rings (SSSR count). The molecule has 2 saturated heterocycles. The van der Waals surface area contributed by atoms with Crippen molar-refractivity contribution in [2.45, 2.75) is 25.4 Å². The summed E-state index contributed by atoms with van der Waals surface area (Å²) in [7, 11) is 0. The summed E-state index contributed by atoms with van der Waals surface area (Å²) in [6.07, 6.45) is 3.44. The molecule has 0 atom stereocenters. The Kier molecular flexibility index (Phi) is 4.63. The van der Waals surface area contributed by atoms with Gasteiger partial charge in [-0.15, -0.1) is 16.4 Å². The van der Waals surface area contributed by atoms with Crippen LogP contribution in [0.15, 0.2) is 48.0 Å². The molecule has 148 valence electrons. The summed E-state index contributed by atoms with van der Waals surface area (Å²) in [6, 6.07) is 12.0. The number of aromatic nitrogens is 3. The van der Waals surface area contributed by atoms with Gasteiger partial charge >= 0.3 is 0 Å². The Morgan fingerprint density at radius 2 is 2.00 bits per heavy atom. The first-order valence-electron chi connectivity index (χ1n) is 9.79. The van der Waals surface area contributed by atoms with Gasteiger partial charge in [-0.2, -0.15) is 0 Å². The van der Waals surface area contributed by atoms with Gasteiger partial charge in [-0.05, 0) is 35.6 Å². The lowest BCUT2D eigenvalue weighted by Gasteiger charge is -2.38. The third-order valence-electron chi connectivity index (χ3n) is 5.54. The number of thiophene rings is 1. The predicted molar refractivity (Wildman–Crippen MR) is 109 cm³/mol. The smallest absolute Gasteiger partial charge is 0.253 e. The maximum atomic E-state index is 12.7. The van der Waals surface area contributed by atoms with E-state index in [0.717, 1.165) is 24.2 Å². The van der Waals surface area contributed by atoms with E-state index in [0.29, 0.717) is 31.6 Å². The number of amides is 2. The summed E-state index contributed by atoms with van der Waals surface area (Å²) < 4.78 is 1.82. The highest BCUT2D eigenvalue weighted by Crippen LogP contribution is 2.27. The van der Waals surface area contributed by atoms with Gasteiger partial charge in [0.2, 0.25) is 5.91 Å². The lowest BCUT2D eigenvalue weighted by molar-refractivity contribution is -0.128. The molecule has 0 radical (unpaired) electrons. The van der Waals surface area contributed by atoms with Crippen molar-refractivity contribution in [2.75, 3.05) is 19.6 Å². The Hall–Kier alpha value is -3.00. The van der Waals surface area contributed by atoms with Crippen molar-refractivity contribution in [1.82, 2.24) is 24.8 Å². The summed E-state index contributed by atoms with van der Waals surface area (Å²) in [5.41, 5.74) is 2.63. The van der Waals surface area contributed by atoms with E-state index in [2.05, 4.69) is 16.4 Å². The molecule has 29 heavy (non-hydrogen) atoms. The van der Waals surface area contributed by atoms with Crippen molar-refractivity contribution in [1.29, 1.82) is 0 Å². The van der Waals surface area contributed by atoms with E-state index in [4.69, 9.17) is 0 Å². The Morgan fingerprint density at radius 3 is 2.69 bits per heavy atom. The molecule has 4 heterocycles. The Labute approximate surface area is 172 Å². The van der Waals surface area contributed by atoms with Crippen molar-refractivity contribution < 1.29 is 9.59 Å². The Bertz CT molecular complexity index is 1020. The van der Waals surface area contributed by atoms with Gasteiger partial charge in [0.05, 0.1) is 18.8 Å². The van der Waals surface area contributed by atoms with E-state index in [1.165, 1.54) is 4.88 Å². The molecule has 0 spiro atoms. The van der Waals surface area contributed by atoms with Crippen LogP contribution in [0, 0.1) is 0 Å². The highest BCUT2D eigenvalue weighted by Gasteiger charge is 2.33. The quantitative estimate of drug-likeness (QED) is 0.652. The molecule has 2 aromatic heterocycles. The monoisotopic (exact) mass is 407 g/mol. The highest BCUT2D eigenvalue weighted by atomic mass is 32.1. The number of nitrogens with zero attached hydrogens (tertiary/aromatic N) is 5. The number of carbonyl (C=O) groups excluding carboxylic acids is 2. The topological polar surface area (TPSA) is 71.3 Å². The zero-order valence-electron chi connectivity index (χ0n) is 15.9. The van der Waals surface area contributed by atoms with Gasteiger partial charge in [-0.3, -0.25) is 9.59 Å². The van der Waals surface area contributed by atoms with Gasteiger partial charge in [0.25, 0.3) is 5.91 Å². The summed E-state index contributed by atoms with van der Waals surface area (Å²) in [6.45, 7) is 2.56. The number of hydrogen-bond donors (Lipinski definition) is 0. The molecular weight excluding hydrogens is 386 g/mol. The minimum atomic E-state index is 0.0435. The second kappa shape index (κ2) is 7.44. The molecule has 0 bridgehead atoms. The second-order valence-electron chi connectivity index (χ2n) is 7.53. The molecule has 2 fully saturated rings. The lowest BCUT2D eigenvalue weighted by atomic mass is 10.1. The molecule has 2 aliphatic rings. The van der Waals surface area contributed by atoms with Crippen molar-refractivity contribution in [3.63, 3.8) is 0 Å². The molecule has 2 aliphatic heterocycles. The van der Waals surface area contributed by atoms with Crippen LogP contribution in [0.1, 0.15) is 34.9 Å². The summed E-state index contributed by atoms with van der Waals surface area (Å²) in [4.78, 5) is 29.3. The van der Waals surface area contributed by atoms with E-state index < -0.39 is 0 Å². The molecular formula is C21H21N5O2S. The van der Waals surface area contributed by atoms with Gasteiger partial charge in [0.15, 0.2) is 0 Å². The second-order valence-corrected chi connectivity index (χ2v) is 8.48. The minimum absolute atomic E-state index is 0.0435. The minimum Gasteiger partial charge on any atom is -0.337 e. The van der Waals surface area contributed by atoms with E-state index in [-0.39, 0.29) is 17.9 Å². The van der Waals surface area contributed by atoms with Crippen LogP contribution in [0.2, 0.25) is 0 Å². The van der Waals surface area contributed by atoms with Gasteiger partial charge in [0, 0.05) is 36.5 Å². The van der Waals surface area contributed by atoms with Crippen molar-refractivity contribution in [3.05, 3.63) is 59.2 Å². The molecule has 1 aromatic carbocycles. The van der Waals surface area contributed by atoms with E-state index in [1.807, 2.05) is 56.4 Å². The SMILES string of the molecule is O=C1CCCN1Cc1cn(C2CN(C(=O)c3ccc(-c4cccs4)cc3)C2)nn1. The average molecular weight is 407 g/mol. The zero-order valence-corrected chi connectivity index (χ0v) is 16.7. The van der Waals surface area contributed by atoms with Crippen LogP contribution in [0.3, 0.4) is 0 Å². The predicted octanol–water partition coefficient (Wildman–Crippen LogP) is 2.83. The van der Waals surface area contributed by atoms with Crippen LogP contribution >= 0.6 is 11.3 Å². The van der Waals surface area contributed by atoms with Crippen LogP contribution in [0.5, 0.6) is 0 Å². The first-order chi connectivity index (χ1) is 14.2. The fourth-order valence-electron chi connectivity index (χ4n) is 3.82. The number of hydrogen-bond acceptors (Lipinski definition) is 5. The molecule has 2 amide bonds. The van der Waals surface area contributed by atoms with Gasteiger partial charge < -0.3 is 9.80 Å². The number of carbonyl (C=O) groups is 2. The van der Waals surface area contributed by atoms with Crippen LogP contribution in [0.25, 0.3) is 10.4 Å². The average Bonchev–Trinajstić information content (AvgIpc) is 3.45. The molecule has 0 unspecified atom stereocenters. The van der Waals surface area contributed by atoms with Crippen LogP contribution in [-0.4, -0.2) is 56.2 Å². The van der Waals surface area contributed by atoms with Gasteiger partial charge in [0.1, 0.15) is 5.69 Å². The van der Waals surface area contributed by atoms with E-state index in [9.17, 15) is 9.59 Å². The molecule has 7 nitrogen and oxygen atoms in total. The molecule has 8 heteroatoms. The normalized spacial score (nSPS) is 17.0. The molecule has 0 saturated carbocycles. The molecule has 0 N–H and O–H groups in total. The highest BCUT2D eigenvalue weighted by molar-refractivity contribution is 7.13. The van der Waals surface area contributed by atoms with Crippen LogP contribution in [0.4, 0.5) is 0 Å². The standard InChI is InChI=1S/C21H21N5O2S/c27-20-4-1-9-24(20)11-17-12-26(23-22-17)18-13-25(14-18)21(28)16-7-5-15(6-8-16)19-3-2-10-29-19/h2-3,5-8,10,12,18H,1,4,9,11,13-14H2. The number of benzene rings is 1. The van der Waals surface area contributed by atoms with Gasteiger partial charge in [-0.25, -0.2) is 4.68 Å². The summed E-state index contributed by atoms with van der Waals surface area (Å²) in [5.74, 6) is 0.229. The van der Waals surface area contributed by atoms with Crippen molar-refractivity contribution in [3.8, 4) is 10.4 Å². The summed E-state index contributed by atoms with van der Waals surface area (Å²) >= 11 is 1.69. The Morgan fingerprint density at radius 1 is 1.17 bits per heavy atom. The fourth-order valence-corrected chi connectivity index (χ4v) is 4.55. The van der Waals surface area contributed by atoms with Gasteiger partial charge in [-0.1, -0.05) is 23.4 Å². The fraction of sp³-hybridized carbons (Fsp3) is 0.333. The summed E-state index contributed by atoms with van der Waals surface area (Å²) in [5, 5.41) is 10.4. The largest absolute Gasteiger partial charge is 0.337 e. The zero-order chi connectivity index (χ0) is 19.8. The number of likely N-dealkylation sites (tertiary alicyclic amines) is 2. The Balaban J connectivity index is 1.17. The maximum absolute atomic E-state index is 12.7. The van der Waals surface area contributed by atoms with Crippen LogP contribution in [-0.2, 0) is 11.3 Å². The lowest BCUT2D eigenvalue weighted by Crippen LogP contribution is -2.50. The molecule has 0 aliphatic carbocycles. The van der Waals surface area contributed by atoms with Crippen molar-refractivity contribution in [2.24, 2.45) is 0 Å². The first kappa shape index (κ1) is 18.1. The van der Waals surface area contributed by atoms with E-state index in [1.54, 1.807) is 11.3 Å². The third kappa shape index (κ3) is 3.55. The van der Waals surface area contributed by atoms with Crippen LogP contribution < -0.4 is 0 Å². The third-order valence-corrected chi connectivity index (χ3v) is 6.46. The van der Waals surface area contributed by atoms with E-state index >= 15 is 0 Å². The molecule has 3 aromatic rings. The number of rotatable bonds is 5. The first-order valence-corrected chi connectivity index (χ1v) is 10.7. The van der Waals surface area contributed by atoms with Crippen molar-refractivity contribution >= 4 is 23.2 Å².